The third-order valence-electron chi connectivity index (χ3n) is 3.85. The van der Waals surface area contributed by atoms with Crippen molar-refractivity contribution < 1.29 is 0 Å². The number of likely N-dealkylation sites (N-methyl/N-ethyl adjacent to an activating group) is 1. The molecule has 0 aromatic heterocycles. The predicted octanol–water partition coefficient (Wildman–Crippen LogP) is 5.00. The zero-order valence-electron chi connectivity index (χ0n) is 12.0. The summed E-state index contributed by atoms with van der Waals surface area (Å²) in [5.41, 5.74) is 2.55. The molecule has 21 heavy (non-hydrogen) atoms. The molecule has 0 radical (unpaired) electrons. The average Bonchev–Trinajstić information content (AvgIpc) is 2.52. The number of hydrogen-bond donors (Lipinski definition) is 1. The summed E-state index contributed by atoms with van der Waals surface area (Å²) in [4.78, 5) is 0. The van der Waals surface area contributed by atoms with Gasteiger partial charge in [0.1, 0.15) is 0 Å². The van der Waals surface area contributed by atoms with Gasteiger partial charge in [-0.15, -0.1) is 0 Å². The fourth-order valence-corrected chi connectivity index (χ4v) is 2.91. The third-order valence-corrected chi connectivity index (χ3v) is 4.09. The van der Waals surface area contributed by atoms with Crippen molar-refractivity contribution in [2.45, 2.75) is 12.5 Å². The van der Waals surface area contributed by atoms with Gasteiger partial charge < -0.3 is 5.32 Å². The van der Waals surface area contributed by atoms with Crippen LogP contribution >= 0.6 is 11.6 Å². The van der Waals surface area contributed by atoms with Crippen LogP contribution in [0.15, 0.2) is 66.7 Å². The number of benzene rings is 3. The van der Waals surface area contributed by atoms with Crippen molar-refractivity contribution in [2.24, 2.45) is 0 Å². The molecule has 3 aromatic carbocycles. The quantitative estimate of drug-likeness (QED) is 0.714. The summed E-state index contributed by atoms with van der Waals surface area (Å²) in [6, 6.07) is 23.5. The maximum absolute atomic E-state index is 6.10. The molecule has 0 saturated heterocycles. The van der Waals surface area contributed by atoms with Gasteiger partial charge in [-0.1, -0.05) is 66.2 Å². The van der Waals surface area contributed by atoms with Gasteiger partial charge in [0.25, 0.3) is 0 Å². The van der Waals surface area contributed by atoms with Crippen molar-refractivity contribution in [3.05, 3.63) is 82.9 Å². The second-order valence-electron chi connectivity index (χ2n) is 5.28. The molecule has 0 bridgehead atoms. The second kappa shape index (κ2) is 6.30. The van der Waals surface area contributed by atoms with E-state index < -0.39 is 0 Å². The topological polar surface area (TPSA) is 12.0 Å². The smallest absolute Gasteiger partial charge is 0.0409 e. The van der Waals surface area contributed by atoms with E-state index in [4.69, 9.17) is 11.6 Å². The van der Waals surface area contributed by atoms with Crippen LogP contribution in [0.3, 0.4) is 0 Å². The van der Waals surface area contributed by atoms with Gasteiger partial charge in [-0.25, -0.2) is 0 Å². The van der Waals surface area contributed by atoms with E-state index in [0.717, 1.165) is 11.4 Å². The molecule has 1 N–H and O–H groups in total. The maximum atomic E-state index is 6.10. The molecule has 0 heterocycles. The summed E-state index contributed by atoms with van der Waals surface area (Å²) in [5.74, 6) is 0. The number of halogens is 1. The standard InChI is InChI=1S/C19H18ClN/c1-21-19(17-7-4-8-18(20)13-17)12-14-9-10-15-5-2-3-6-16(15)11-14/h2-11,13,19,21H,12H2,1H3. The average molecular weight is 296 g/mol. The van der Waals surface area contributed by atoms with Crippen LogP contribution in [0.4, 0.5) is 0 Å². The Balaban J connectivity index is 1.88. The first kappa shape index (κ1) is 14.1. The highest BCUT2D eigenvalue weighted by molar-refractivity contribution is 6.30. The molecular formula is C19H18ClN. The minimum absolute atomic E-state index is 0.268. The van der Waals surface area contributed by atoms with Gasteiger partial charge >= 0.3 is 0 Å². The minimum Gasteiger partial charge on any atom is -0.313 e. The second-order valence-corrected chi connectivity index (χ2v) is 5.72. The zero-order chi connectivity index (χ0) is 14.7. The number of nitrogens with one attached hydrogen (secondary N) is 1. The molecule has 0 saturated carbocycles. The van der Waals surface area contributed by atoms with Gasteiger partial charge in [-0.05, 0) is 47.5 Å². The van der Waals surface area contributed by atoms with Crippen molar-refractivity contribution in [1.29, 1.82) is 0 Å². The molecule has 1 nitrogen and oxygen atoms in total. The summed E-state index contributed by atoms with van der Waals surface area (Å²) in [7, 11) is 1.99. The molecule has 3 rings (SSSR count). The largest absolute Gasteiger partial charge is 0.313 e. The molecular weight excluding hydrogens is 278 g/mol. The Hall–Kier alpha value is -1.83. The van der Waals surface area contributed by atoms with Gasteiger partial charge in [0.2, 0.25) is 0 Å². The summed E-state index contributed by atoms with van der Waals surface area (Å²) < 4.78 is 0. The highest BCUT2D eigenvalue weighted by atomic mass is 35.5. The summed E-state index contributed by atoms with van der Waals surface area (Å²) in [6.45, 7) is 0. The van der Waals surface area contributed by atoms with Crippen LogP contribution < -0.4 is 5.32 Å². The first-order valence-corrected chi connectivity index (χ1v) is 7.54. The van der Waals surface area contributed by atoms with E-state index in [0.29, 0.717) is 0 Å². The van der Waals surface area contributed by atoms with Gasteiger partial charge in [0, 0.05) is 11.1 Å². The molecule has 0 aliphatic rings. The lowest BCUT2D eigenvalue weighted by molar-refractivity contribution is 0.592. The Morgan fingerprint density at radius 2 is 1.71 bits per heavy atom. The Bertz CT molecular complexity index is 751. The third kappa shape index (κ3) is 3.26. The molecule has 1 unspecified atom stereocenters. The summed E-state index contributed by atoms with van der Waals surface area (Å²) in [5, 5.41) is 6.74. The lowest BCUT2D eigenvalue weighted by atomic mass is 9.97. The Morgan fingerprint density at radius 3 is 2.48 bits per heavy atom. The normalized spacial score (nSPS) is 12.5. The van der Waals surface area contributed by atoms with Gasteiger partial charge in [0.15, 0.2) is 0 Å². The Morgan fingerprint density at radius 1 is 0.905 bits per heavy atom. The van der Waals surface area contributed by atoms with Crippen molar-refractivity contribution >= 4 is 22.4 Å². The number of fused-ring (bicyclic) bond motifs is 1. The van der Waals surface area contributed by atoms with E-state index in [-0.39, 0.29) is 6.04 Å². The van der Waals surface area contributed by atoms with E-state index in [1.165, 1.54) is 21.9 Å². The van der Waals surface area contributed by atoms with Gasteiger partial charge in [0.05, 0.1) is 0 Å². The van der Waals surface area contributed by atoms with Crippen LogP contribution in [0, 0.1) is 0 Å². The van der Waals surface area contributed by atoms with E-state index in [1.54, 1.807) is 0 Å². The van der Waals surface area contributed by atoms with Crippen LogP contribution in [-0.2, 0) is 6.42 Å². The molecule has 0 fully saturated rings. The Kier molecular flexibility index (Phi) is 4.23. The molecule has 0 amide bonds. The SMILES string of the molecule is CNC(Cc1ccc2ccccc2c1)c1cccc(Cl)c1. The summed E-state index contributed by atoms with van der Waals surface area (Å²) >= 11 is 6.10. The molecule has 2 heteroatoms. The van der Waals surface area contributed by atoms with Crippen molar-refractivity contribution in [3.63, 3.8) is 0 Å². The van der Waals surface area contributed by atoms with Crippen LogP contribution in [0.2, 0.25) is 5.02 Å². The van der Waals surface area contributed by atoms with Crippen LogP contribution in [0.25, 0.3) is 10.8 Å². The molecule has 0 spiro atoms. The predicted molar refractivity (Wildman–Crippen MR) is 90.9 cm³/mol. The maximum Gasteiger partial charge on any atom is 0.0409 e. The van der Waals surface area contributed by atoms with Crippen molar-refractivity contribution in [1.82, 2.24) is 5.32 Å². The molecule has 0 aliphatic carbocycles. The van der Waals surface area contributed by atoms with Crippen LogP contribution in [-0.4, -0.2) is 7.05 Å². The van der Waals surface area contributed by atoms with Gasteiger partial charge in [-0.3, -0.25) is 0 Å². The monoisotopic (exact) mass is 295 g/mol. The molecule has 1 atom stereocenters. The fourth-order valence-electron chi connectivity index (χ4n) is 2.71. The lowest BCUT2D eigenvalue weighted by Crippen LogP contribution is -2.18. The van der Waals surface area contributed by atoms with E-state index in [2.05, 4.69) is 53.8 Å². The van der Waals surface area contributed by atoms with Crippen molar-refractivity contribution in [3.8, 4) is 0 Å². The van der Waals surface area contributed by atoms with E-state index >= 15 is 0 Å². The van der Waals surface area contributed by atoms with E-state index in [9.17, 15) is 0 Å². The molecule has 3 aromatic rings. The molecule has 106 valence electrons. The first-order valence-electron chi connectivity index (χ1n) is 7.16. The van der Waals surface area contributed by atoms with Crippen LogP contribution in [0.5, 0.6) is 0 Å². The minimum atomic E-state index is 0.268. The zero-order valence-corrected chi connectivity index (χ0v) is 12.8. The summed E-state index contributed by atoms with van der Waals surface area (Å²) in [6.07, 6.45) is 0.946. The highest BCUT2D eigenvalue weighted by Crippen LogP contribution is 2.23. The van der Waals surface area contributed by atoms with E-state index in [1.807, 2.05) is 25.2 Å². The number of rotatable bonds is 4. The lowest BCUT2D eigenvalue weighted by Gasteiger charge is -2.17. The fraction of sp³-hybridized carbons (Fsp3) is 0.158. The highest BCUT2D eigenvalue weighted by Gasteiger charge is 2.10. The first-order chi connectivity index (χ1) is 10.3. The Labute approximate surface area is 130 Å². The number of hydrogen-bond acceptors (Lipinski definition) is 1. The van der Waals surface area contributed by atoms with Gasteiger partial charge in [-0.2, -0.15) is 0 Å². The van der Waals surface area contributed by atoms with Crippen LogP contribution in [0.1, 0.15) is 17.2 Å². The molecule has 0 aliphatic heterocycles. The van der Waals surface area contributed by atoms with Crippen molar-refractivity contribution in [2.75, 3.05) is 7.05 Å².